The van der Waals surface area contributed by atoms with Gasteiger partial charge in [0.25, 0.3) is 0 Å². The standard InChI is InChI=1S/C17H15F3N2OS/c1-2-10-22-14-11-12(17(18,19)20)8-9-15(14)24(21-16(22)23)13-6-4-3-5-7-13/h3-9,11H,2,10H2,1H3. The minimum atomic E-state index is -4.45. The van der Waals surface area contributed by atoms with Crippen LogP contribution in [0.15, 0.2) is 62.7 Å². The third kappa shape index (κ3) is 3.08. The van der Waals surface area contributed by atoms with E-state index in [0.29, 0.717) is 23.5 Å². The minimum Gasteiger partial charge on any atom is -0.291 e. The third-order valence-electron chi connectivity index (χ3n) is 3.60. The number of nitrogens with zero attached hydrogens (tertiary/aromatic N) is 2. The molecule has 1 aliphatic rings. The number of carbonyl (C=O) groups excluding carboxylic acids is 1. The second-order valence-corrected chi connectivity index (χ2v) is 6.97. The maximum atomic E-state index is 13.1. The van der Waals surface area contributed by atoms with Gasteiger partial charge in [-0.3, -0.25) is 4.90 Å². The number of hydrogen-bond acceptors (Lipinski definition) is 1. The van der Waals surface area contributed by atoms with Gasteiger partial charge in [-0.2, -0.15) is 17.5 Å². The Bertz CT molecular complexity index is 803. The maximum Gasteiger partial charge on any atom is 0.416 e. The van der Waals surface area contributed by atoms with Crippen LogP contribution in [0.25, 0.3) is 0 Å². The van der Waals surface area contributed by atoms with Crippen molar-refractivity contribution in [2.24, 2.45) is 4.36 Å². The molecule has 0 aliphatic carbocycles. The van der Waals surface area contributed by atoms with Gasteiger partial charge in [0, 0.05) is 16.3 Å². The highest BCUT2D eigenvalue weighted by Gasteiger charge is 2.34. The van der Waals surface area contributed by atoms with Gasteiger partial charge in [-0.1, -0.05) is 25.1 Å². The zero-order valence-corrected chi connectivity index (χ0v) is 13.7. The molecule has 1 aliphatic heterocycles. The Morgan fingerprint density at radius 1 is 1.12 bits per heavy atom. The molecule has 24 heavy (non-hydrogen) atoms. The molecule has 0 aromatic heterocycles. The fraction of sp³-hybridized carbons (Fsp3) is 0.235. The summed E-state index contributed by atoms with van der Waals surface area (Å²) in [4.78, 5) is 15.2. The van der Waals surface area contributed by atoms with Gasteiger partial charge in [0.15, 0.2) is 0 Å². The van der Waals surface area contributed by atoms with Gasteiger partial charge in [-0.15, -0.1) is 0 Å². The van der Waals surface area contributed by atoms with Gasteiger partial charge < -0.3 is 0 Å². The average molecular weight is 352 g/mol. The second kappa shape index (κ2) is 6.39. The van der Waals surface area contributed by atoms with Crippen molar-refractivity contribution in [2.75, 3.05) is 11.4 Å². The molecular formula is C17H15F3N2OS. The van der Waals surface area contributed by atoms with E-state index in [1.54, 1.807) is 0 Å². The van der Waals surface area contributed by atoms with Crippen molar-refractivity contribution in [1.82, 2.24) is 0 Å². The number of fused-ring (bicyclic) bond motifs is 1. The Hall–Kier alpha value is -2.15. The van der Waals surface area contributed by atoms with Crippen molar-refractivity contribution in [2.45, 2.75) is 29.3 Å². The van der Waals surface area contributed by atoms with E-state index in [2.05, 4.69) is 4.36 Å². The van der Waals surface area contributed by atoms with Crippen molar-refractivity contribution in [3.8, 4) is 0 Å². The summed E-state index contributed by atoms with van der Waals surface area (Å²) in [6.45, 7) is 2.20. The fourth-order valence-corrected chi connectivity index (χ4v) is 4.21. The highest BCUT2D eigenvalue weighted by Crippen LogP contribution is 2.38. The number of carbonyl (C=O) groups is 1. The van der Waals surface area contributed by atoms with Crippen LogP contribution in [-0.2, 0) is 16.9 Å². The zero-order valence-electron chi connectivity index (χ0n) is 12.9. The van der Waals surface area contributed by atoms with Crippen LogP contribution in [0.5, 0.6) is 0 Å². The molecule has 0 radical (unpaired) electrons. The van der Waals surface area contributed by atoms with E-state index in [4.69, 9.17) is 0 Å². The summed E-state index contributed by atoms with van der Waals surface area (Å²) < 4.78 is 43.4. The molecule has 1 heterocycles. The van der Waals surface area contributed by atoms with E-state index in [9.17, 15) is 18.0 Å². The lowest BCUT2D eigenvalue weighted by atomic mass is 10.1. The summed E-state index contributed by atoms with van der Waals surface area (Å²) in [6.07, 6.45) is -3.81. The maximum absolute atomic E-state index is 13.1. The Morgan fingerprint density at radius 2 is 1.83 bits per heavy atom. The molecule has 0 saturated carbocycles. The smallest absolute Gasteiger partial charge is 0.291 e. The Morgan fingerprint density at radius 3 is 2.46 bits per heavy atom. The van der Waals surface area contributed by atoms with E-state index in [0.717, 1.165) is 17.0 Å². The van der Waals surface area contributed by atoms with Gasteiger partial charge in [-0.25, -0.2) is 4.79 Å². The monoisotopic (exact) mass is 352 g/mol. The van der Waals surface area contributed by atoms with E-state index in [1.165, 1.54) is 11.0 Å². The topological polar surface area (TPSA) is 32.7 Å². The van der Waals surface area contributed by atoms with Gasteiger partial charge in [-0.05, 0) is 47.4 Å². The first-order chi connectivity index (χ1) is 11.4. The SMILES string of the molecule is CCCN1C(=O)N=S(c2ccccc2)c2ccc(C(F)(F)F)cc21. The van der Waals surface area contributed by atoms with E-state index >= 15 is 0 Å². The predicted molar refractivity (Wildman–Crippen MR) is 87.2 cm³/mol. The molecule has 1 unspecified atom stereocenters. The molecular weight excluding hydrogens is 337 g/mol. The Balaban J connectivity index is 2.18. The molecule has 2 amide bonds. The largest absolute Gasteiger partial charge is 0.416 e. The number of urea groups is 1. The first-order valence-corrected chi connectivity index (χ1v) is 8.64. The number of halogens is 3. The molecule has 3 nitrogen and oxygen atoms in total. The lowest BCUT2D eigenvalue weighted by Gasteiger charge is -2.29. The molecule has 3 rings (SSSR count). The van der Waals surface area contributed by atoms with Gasteiger partial charge in [0.1, 0.15) is 0 Å². The van der Waals surface area contributed by atoms with Crippen molar-refractivity contribution >= 4 is 22.4 Å². The second-order valence-electron chi connectivity index (χ2n) is 5.30. The van der Waals surface area contributed by atoms with Crippen LogP contribution in [0.4, 0.5) is 23.7 Å². The molecule has 126 valence electrons. The summed E-state index contributed by atoms with van der Waals surface area (Å²) >= 11 is 0. The van der Waals surface area contributed by atoms with Crippen molar-refractivity contribution < 1.29 is 18.0 Å². The number of hydrogen-bond donors (Lipinski definition) is 0. The van der Waals surface area contributed by atoms with E-state index in [1.807, 2.05) is 37.3 Å². The van der Waals surface area contributed by atoms with Gasteiger partial charge in [0.2, 0.25) is 0 Å². The molecule has 7 heteroatoms. The van der Waals surface area contributed by atoms with Gasteiger partial charge in [0.05, 0.1) is 11.3 Å². The summed E-state index contributed by atoms with van der Waals surface area (Å²) in [6, 6.07) is 12.2. The van der Waals surface area contributed by atoms with E-state index < -0.39 is 28.5 Å². The van der Waals surface area contributed by atoms with E-state index in [-0.39, 0.29) is 0 Å². The van der Waals surface area contributed by atoms with Crippen LogP contribution in [0.3, 0.4) is 0 Å². The molecule has 2 aromatic rings. The Labute approximate surface area is 140 Å². The number of alkyl halides is 3. The normalized spacial score (nSPS) is 17.4. The molecule has 0 N–H and O–H groups in total. The third-order valence-corrected chi connectivity index (χ3v) is 5.42. The summed E-state index contributed by atoms with van der Waals surface area (Å²) in [5, 5.41) is 0. The number of amides is 2. The summed E-state index contributed by atoms with van der Waals surface area (Å²) in [5.41, 5.74) is -0.451. The van der Waals surface area contributed by atoms with Crippen LogP contribution in [0.2, 0.25) is 0 Å². The minimum absolute atomic E-state index is 0.305. The van der Waals surface area contributed by atoms with Crippen LogP contribution in [0, 0.1) is 0 Å². The number of benzene rings is 2. The summed E-state index contributed by atoms with van der Waals surface area (Å²) in [5.74, 6) is 0. The highest BCUT2D eigenvalue weighted by molar-refractivity contribution is 7.88. The van der Waals surface area contributed by atoms with Crippen LogP contribution in [0.1, 0.15) is 18.9 Å². The van der Waals surface area contributed by atoms with Gasteiger partial charge >= 0.3 is 12.2 Å². The first-order valence-electron chi connectivity index (χ1n) is 7.45. The van der Waals surface area contributed by atoms with Crippen LogP contribution in [-0.4, -0.2) is 12.6 Å². The fourth-order valence-electron chi connectivity index (χ4n) is 2.52. The van der Waals surface area contributed by atoms with Crippen molar-refractivity contribution in [3.05, 3.63) is 54.1 Å². The van der Waals surface area contributed by atoms with Crippen LogP contribution < -0.4 is 4.90 Å². The molecule has 0 spiro atoms. The Kier molecular flexibility index (Phi) is 4.45. The zero-order chi connectivity index (χ0) is 17.3. The molecule has 0 fully saturated rings. The molecule has 1 atom stereocenters. The lowest BCUT2D eigenvalue weighted by molar-refractivity contribution is -0.137. The van der Waals surface area contributed by atoms with Crippen molar-refractivity contribution in [1.29, 1.82) is 0 Å². The molecule has 0 bridgehead atoms. The predicted octanol–water partition coefficient (Wildman–Crippen LogP) is 5.28. The summed E-state index contributed by atoms with van der Waals surface area (Å²) in [7, 11) is -0.906. The quantitative estimate of drug-likeness (QED) is 0.740. The molecule has 2 aromatic carbocycles. The highest BCUT2D eigenvalue weighted by atomic mass is 32.2. The first kappa shape index (κ1) is 16.7. The lowest BCUT2D eigenvalue weighted by Crippen LogP contribution is -2.33. The average Bonchev–Trinajstić information content (AvgIpc) is 2.56. The molecule has 0 saturated heterocycles. The van der Waals surface area contributed by atoms with Crippen molar-refractivity contribution in [3.63, 3.8) is 0 Å². The number of rotatable bonds is 3. The number of anilines is 1. The van der Waals surface area contributed by atoms with Crippen LogP contribution >= 0.6 is 0 Å².